The van der Waals surface area contributed by atoms with Gasteiger partial charge in [0.2, 0.25) is 5.91 Å². The molecule has 0 spiro atoms. The minimum atomic E-state index is -0.365. The molecule has 1 amide bonds. The van der Waals surface area contributed by atoms with Gasteiger partial charge in [-0.05, 0) is 25.1 Å². The molecule has 0 atom stereocenters. The first-order chi connectivity index (χ1) is 12.4. The molecular formula is C19H15Cl2N3O2. The normalized spacial score (nSPS) is 10.6. The van der Waals surface area contributed by atoms with E-state index in [2.05, 4.69) is 10.3 Å². The molecule has 0 saturated heterocycles. The van der Waals surface area contributed by atoms with E-state index in [0.717, 1.165) is 11.1 Å². The fourth-order valence-electron chi connectivity index (χ4n) is 2.36. The first-order valence-corrected chi connectivity index (χ1v) is 8.56. The van der Waals surface area contributed by atoms with E-state index in [4.69, 9.17) is 23.2 Å². The van der Waals surface area contributed by atoms with Gasteiger partial charge in [-0.15, -0.1) is 0 Å². The molecule has 5 nitrogen and oxygen atoms in total. The second kappa shape index (κ2) is 7.72. The molecule has 1 aromatic heterocycles. The summed E-state index contributed by atoms with van der Waals surface area (Å²) in [5.74, 6) is -0.365. The average Bonchev–Trinajstić information content (AvgIpc) is 2.60. The molecule has 0 fully saturated rings. The summed E-state index contributed by atoms with van der Waals surface area (Å²) in [5, 5.41) is 3.41. The summed E-state index contributed by atoms with van der Waals surface area (Å²) in [6, 6.07) is 13.9. The number of carbonyl (C=O) groups is 1. The van der Waals surface area contributed by atoms with Gasteiger partial charge in [0.25, 0.3) is 5.56 Å². The van der Waals surface area contributed by atoms with E-state index in [1.54, 1.807) is 18.2 Å². The maximum atomic E-state index is 12.3. The van der Waals surface area contributed by atoms with Crippen LogP contribution in [0.4, 0.5) is 5.69 Å². The third kappa shape index (κ3) is 4.31. The highest BCUT2D eigenvalue weighted by molar-refractivity contribution is 6.42. The van der Waals surface area contributed by atoms with Crippen LogP contribution in [0.25, 0.3) is 11.3 Å². The van der Waals surface area contributed by atoms with E-state index >= 15 is 0 Å². The van der Waals surface area contributed by atoms with E-state index in [1.807, 2.05) is 31.2 Å². The fraction of sp³-hybridized carbons (Fsp3) is 0.105. The highest BCUT2D eigenvalue weighted by Gasteiger charge is 2.08. The van der Waals surface area contributed by atoms with Gasteiger partial charge < -0.3 is 5.32 Å². The number of nitrogens with zero attached hydrogens (tertiary/aromatic N) is 2. The first-order valence-electron chi connectivity index (χ1n) is 7.81. The van der Waals surface area contributed by atoms with Gasteiger partial charge in [-0.3, -0.25) is 14.2 Å². The Labute approximate surface area is 160 Å². The summed E-state index contributed by atoms with van der Waals surface area (Å²) in [6.45, 7) is 1.84. The number of carbonyl (C=O) groups excluding carboxylic acids is 1. The number of nitrogens with one attached hydrogen (secondary N) is 1. The molecule has 0 radical (unpaired) electrons. The number of rotatable bonds is 4. The van der Waals surface area contributed by atoms with Crippen molar-refractivity contribution in [3.63, 3.8) is 0 Å². The monoisotopic (exact) mass is 387 g/mol. The standard InChI is InChI=1S/C19H15Cl2N3O2/c1-12-2-4-13(5-3-12)17-9-19(26)24(11-22-17)10-18(25)23-14-6-7-15(20)16(21)8-14/h2-9,11H,10H2,1H3,(H,23,25). The largest absolute Gasteiger partial charge is 0.324 e. The van der Waals surface area contributed by atoms with Crippen LogP contribution in [0.15, 0.2) is 59.7 Å². The third-order valence-electron chi connectivity index (χ3n) is 3.74. The summed E-state index contributed by atoms with van der Waals surface area (Å²) in [5.41, 5.74) is 2.74. The summed E-state index contributed by atoms with van der Waals surface area (Å²) in [4.78, 5) is 28.7. The quantitative estimate of drug-likeness (QED) is 0.730. The Morgan fingerprint density at radius 2 is 1.81 bits per heavy atom. The molecule has 0 aliphatic heterocycles. The lowest BCUT2D eigenvalue weighted by Crippen LogP contribution is -2.27. The number of halogens is 2. The molecule has 7 heteroatoms. The van der Waals surface area contributed by atoms with Gasteiger partial charge in [-0.2, -0.15) is 0 Å². The summed E-state index contributed by atoms with van der Waals surface area (Å²) >= 11 is 11.8. The highest BCUT2D eigenvalue weighted by atomic mass is 35.5. The summed E-state index contributed by atoms with van der Waals surface area (Å²) in [7, 11) is 0. The van der Waals surface area contributed by atoms with Crippen LogP contribution in [0.3, 0.4) is 0 Å². The number of aryl methyl sites for hydroxylation is 1. The van der Waals surface area contributed by atoms with Crippen LogP contribution >= 0.6 is 23.2 Å². The molecule has 3 rings (SSSR count). The molecule has 0 aliphatic carbocycles. The predicted octanol–water partition coefficient (Wildman–Crippen LogP) is 4.16. The Morgan fingerprint density at radius 3 is 2.46 bits per heavy atom. The molecule has 2 aromatic carbocycles. The summed E-state index contributed by atoms with van der Waals surface area (Å²) < 4.78 is 1.24. The van der Waals surface area contributed by atoms with Gasteiger partial charge in [0.05, 0.1) is 22.1 Å². The molecule has 1 N–H and O–H groups in total. The van der Waals surface area contributed by atoms with Crippen molar-refractivity contribution in [3.05, 3.63) is 80.8 Å². The van der Waals surface area contributed by atoms with Crippen molar-refractivity contribution in [1.29, 1.82) is 0 Å². The zero-order chi connectivity index (χ0) is 18.7. The van der Waals surface area contributed by atoms with Crippen LogP contribution in [0.2, 0.25) is 10.0 Å². The zero-order valence-corrected chi connectivity index (χ0v) is 15.4. The highest BCUT2D eigenvalue weighted by Crippen LogP contribution is 2.25. The SMILES string of the molecule is Cc1ccc(-c2cc(=O)n(CC(=O)Nc3ccc(Cl)c(Cl)c3)cn2)cc1. The van der Waals surface area contributed by atoms with Gasteiger partial charge in [0.1, 0.15) is 6.54 Å². The Hall–Kier alpha value is -2.63. The molecule has 0 bridgehead atoms. The van der Waals surface area contributed by atoms with Crippen molar-refractivity contribution in [2.24, 2.45) is 0 Å². The Balaban J connectivity index is 1.73. The van der Waals surface area contributed by atoms with Gasteiger partial charge in [0.15, 0.2) is 0 Å². The first kappa shape index (κ1) is 18.2. The molecule has 3 aromatic rings. The molecule has 0 saturated carbocycles. The second-order valence-electron chi connectivity index (χ2n) is 5.78. The van der Waals surface area contributed by atoms with Crippen molar-refractivity contribution in [3.8, 4) is 11.3 Å². The smallest absolute Gasteiger partial charge is 0.254 e. The van der Waals surface area contributed by atoms with E-state index in [-0.39, 0.29) is 18.0 Å². The van der Waals surface area contributed by atoms with E-state index < -0.39 is 0 Å². The van der Waals surface area contributed by atoms with Crippen molar-refractivity contribution in [2.45, 2.75) is 13.5 Å². The number of anilines is 1. The maximum absolute atomic E-state index is 12.3. The lowest BCUT2D eigenvalue weighted by molar-refractivity contribution is -0.116. The van der Waals surface area contributed by atoms with Crippen molar-refractivity contribution in [1.82, 2.24) is 9.55 Å². The lowest BCUT2D eigenvalue weighted by Gasteiger charge is -2.09. The minimum absolute atomic E-state index is 0.153. The van der Waals surface area contributed by atoms with Crippen LogP contribution in [-0.2, 0) is 11.3 Å². The van der Waals surface area contributed by atoms with Crippen molar-refractivity contribution >= 4 is 34.8 Å². The average molecular weight is 388 g/mol. The van der Waals surface area contributed by atoms with Crippen molar-refractivity contribution in [2.75, 3.05) is 5.32 Å². The van der Waals surface area contributed by atoms with Crippen molar-refractivity contribution < 1.29 is 4.79 Å². The Morgan fingerprint density at radius 1 is 1.08 bits per heavy atom. The Kier molecular flexibility index (Phi) is 5.40. The van der Waals surface area contributed by atoms with Crippen LogP contribution in [0.5, 0.6) is 0 Å². The number of hydrogen-bond acceptors (Lipinski definition) is 3. The molecule has 1 heterocycles. The van der Waals surface area contributed by atoms with Gasteiger partial charge >= 0.3 is 0 Å². The maximum Gasteiger partial charge on any atom is 0.254 e. The molecule has 26 heavy (non-hydrogen) atoms. The van der Waals surface area contributed by atoms with Gasteiger partial charge in [-0.1, -0.05) is 53.0 Å². The predicted molar refractivity (Wildman–Crippen MR) is 104 cm³/mol. The number of hydrogen-bond donors (Lipinski definition) is 1. The number of amides is 1. The number of aromatic nitrogens is 2. The van der Waals surface area contributed by atoms with E-state index in [1.165, 1.54) is 17.0 Å². The van der Waals surface area contributed by atoms with Crippen LogP contribution in [-0.4, -0.2) is 15.5 Å². The molecule has 132 valence electrons. The Bertz CT molecular complexity index is 1010. The summed E-state index contributed by atoms with van der Waals surface area (Å²) in [6.07, 6.45) is 1.37. The number of benzene rings is 2. The lowest BCUT2D eigenvalue weighted by atomic mass is 10.1. The molecule has 0 unspecified atom stereocenters. The molecular weight excluding hydrogens is 373 g/mol. The minimum Gasteiger partial charge on any atom is -0.324 e. The molecule has 0 aliphatic rings. The van der Waals surface area contributed by atoms with Crippen LogP contribution in [0, 0.1) is 6.92 Å². The third-order valence-corrected chi connectivity index (χ3v) is 4.48. The zero-order valence-electron chi connectivity index (χ0n) is 13.9. The topological polar surface area (TPSA) is 64.0 Å². The van der Waals surface area contributed by atoms with Crippen LogP contribution in [0.1, 0.15) is 5.56 Å². The van der Waals surface area contributed by atoms with Crippen LogP contribution < -0.4 is 10.9 Å². The van der Waals surface area contributed by atoms with E-state index in [0.29, 0.717) is 21.4 Å². The fourth-order valence-corrected chi connectivity index (χ4v) is 2.65. The van der Waals surface area contributed by atoms with Gasteiger partial charge in [-0.25, -0.2) is 4.98 Å². The van der Waals surface area contributed by atoms with Gasteiger partial charge in [0, 0.05) is 17.3 Å². The van der Waals surface area contributed by atoms with E-state index in [9.17, 15) is 9.59 Å². The second-order valence-corrected chi connectivity index (χ2v) is 6.60.